The van der Waals surface area contributed by atoms with Crippen molar-refractivity contribution in [3.63, 3.8) is 0 Å². The van der Waals surface area contributed by atoms with E-state index in [1.54, 1.807) is 25.3 Å². The quantitative estimate of drug-likeness (QED) is 0.339. The Kier molecular flexibility index (Phi) is 3.27. The molecule has 0 heterocycles. The van der Waals surface area contributed by atoms with Gasteiger partial charge in [-0.15, -0.1) is 4.91 Å². The minimum atomic E-state index is -0.451. The molecule has 0 aromatic rings. The van der Waals surface area contributed by atoms with E-state index < -0.39 is 5.91 Å². The number of allylic oxidation sites excluding steroid dienone is 1. The summed E-state index contributed by atoms with van der Waals surface area (Å²) in [6.45, 7) is 3.31. The van der Waals surface area contributed by atoms with Gasteiger partial charge in [-0.1, -0.05) is 6.08 Å². The maximum Gasteiger partial charge on any atom is 0.269 e. The second-order valence-corrected chi connectivity index (χ2v) is 1.50. The van der Waals surface area contributed by atoms with E-state index in [1.165, 1.54) is 0 Å². The van der Waals surface area contributed by atoms with Gasteiger partial charge in [0.15, 0.2) is 0 Å². The van der Waals surface area contributed by atoms with Crippen molar-refractivity contribution in [1.82, 2.24) is 5.43 Å². The van der Waals surface area contributed by atoms with Gasteiger partial charge >= 0.3 is 0 Å². The summed E-state index contributed by atoms with van der Waals surface area (Å²) >= 11 is 0. The zero-order valence-corrected chi connectivity index (χ0v) is 5.34. The first-order chi connectivity index (χ1) is 4.22. The molecule has 1 amide bonds. The van der Waals surface area contributed by atoms with Gasteiger partial charge in [-0.25, -0.2) is 5.43 Å². The molecule has 0 unspecified atom stereocenters. The highest BCUT2D eigenvalue weighted by atomic mass is 16.3. The zero-order valence-electron chi connectivity index (χ0n) is 5.34. The number of rotatable bonds is 2. The molecule has 0 bridgehead atoms. The van der Waals surface area contributed by atoms with Crippen LogP contribution in [0.15, 0.2) is 16.9 Å². The molecule has 0 aliphatic carbocycles. The van der Waals surface area contributed by atoms with Crippen LogP contribution < -0.4 is 5.43 Å². The highest BCUT2D eigenvalue weighted by molar-refractivity contribution is 5.92. The first kappa shape index (κ1) is 7.81. The molecule has 0 spiro atoms. The lowest BCUT2D eigenvalue weighted by atomic mass is 10.3. The molecule has 0 saturated carbocycles. The van der Waals surface area contributed by atoms with Crippen LogP contribution in [0.25, 0.3) is 0 Å². The van der Waals surface area contributed by atoms with Crippen molar-refractivity contribution in [2.45, 2.75) is 13.8 Å². The summed E-state index contributed by atoms with van der Waals surface area (Å²) in [6.07, 6.45) is 1.60. The second-order valence-electron chi connectivity index (χ2n) is 1.50. The van der Waals surface area contributed by atoms with E-state index >= 15 is 0 Å². The van der Waals surface area contributed by atoms with Gasteiger partial charge in [0.2, 0.25) is 0 Å². The van der Waals surface area contributed by atoms with Crippen molar-refractivity contribution >= 4 is 5.91 Å². The van der Waals surface area contributed by atoms with Crippen molar-refractivity contribution in [1.29, 1.82) is 0 Å². The van der Waals surface area contributed by atoms with E-state index in [0.29, 0.717) is 5.57 Å². The Morgan fingerprint density at radius 1 is 1.67 bits per heavy atom. The number of nitroso groups, excluding NO2 is 1. The number of hydrogen-bond acceptors (Lipinski definition) is 3. The minimum Gasteiger partial charge on any atom is -0.268 e. The third-order valence-corrected chi connectivity index (χ3v) is 0.938. The molecular formula is C5H8N2O2. The summed E-state index contributed by atoms with van der Waals surface area (Å²) in [7, 11) is 0. The molecule has 0 aromatic heterocycles. The van der Waals surface area contributed by atoms with E-state index in [-0.39, 0.29) is 0 Å². The van der Waals surface area contributed by atoms with Crippen LogP contribution in [0.1, 0.15) is 13.8 Å². The number of amides is 1. The summed E-state index contributed by atoms with van der Waals surface area (Å²) in [5.41, 5.74) is 2.24. The van der Waals surface area contributed by atoms with E-state index in [0.717, 1.165) is 0 Å². The van der Waals surface area contributed by atoms with Gasteiger partial charge in [0, 0.05) is 5.57 Å². The van der Waals surface area contributed by atoms with Crippen LogP contribution in [0.2, 0.25) is 0 Å². The van der Waals surface area contributed by atoms with E-state index in [9.17, 15) is 9.70 Å². The molecule has 4 heteroatoms. The van der Waals surface area contributed by atoms with Crippen LogP contribution in [-0.4, -0.2) is 5.91 Å². The van der Waals surface area contributed by atoms with Gasteiger partial charge < -0.3 is 0 Å². The highest BCUT2D eigenvalue weighted by Gasteiger charge is 1.99. The van der Waals surface area contributed by atoms with Crippen molar-refractivity contribution in [2.24, 2.45) is 5.29 Å². The average Bonchev–Trinajstić information content (AvgIpc) is 1.87. The average molecular weight is 128 g/mol. The number of carbonyl (C=O) groups excluding carboxylic acids is 1. The summed E-state index contributed by atoms with van der Waals surface area (Å²) in [6, 6.07) is 0. The van der Waals surface area contributed by atoms with Gasteiger partial charge in [-0.3, -0.25) is 4.79 Å². The largest absolute Gasteiger partial charge is 0.269 e. The van der Waals surface area contributed by atoms with Gasteiger partial charge in [0.1, 0.15) is 0 Å². The first-order valence-corrected chi connectivity index (χ1v) is 2.48. The third kappa shape index (κ3) is 2.58. The van der Waals surface area contributed by atoms with Crippen LogP contribution in [0, 0.1) is 4.91 Å². The Balaban J connectivity index is 3.88. The van der Waals surface area contributed by atoms with E-state index in [4.69, 9.17) is 0 Å². The molecule has 1 N–H and O–H groups in total. The van der Waals surface area contributed by atoms with E-state index in [2.05, 4.69) is 5.29 Å². The lowest BCUT2D eigenvalue weighted by Gasteiger charge is -1.91. The van der Waals surface area contributed by atoms with Crippen molar-refractivity contribution in [3.8, 4) is 0 Å². The number of nitrogens with zero attached hydrogens (tertiary/aromatic N) is 1. The maximum atomic E-state index is 10.5. The molecule has 0 aliphatic rings. The molecular weight excluding hydrogens is 120 g/mol. The summed E-state index contributed by atoms with van der Waals surface area (Å²) in [5.74, 6) is -0.451. The Bertz CT molecular complexity index is 151. The summed E-state index contributed by atoms with van der Waals surface area (Å²) in [5, 5.41) is 2.21. The minimum absolute atomic E-state index is 0.451. The fourth-order valence-corrected chi connectivity index (χ4v) is 0.261. The Labute approximate surface area is 52.9 Å². The maximum absolute atomic E-state index is 10.5. The molecule has 0 rings (SSSR count). The molecule has 0 aromatic carbocycles. The molecule has 9 heavy (non-hydrogen) atoms. The summed E-state index contributed by atoms with van der Waals surface area (Å²) in [4.78, 5) is 19.9. The standard InChI is InChI=1S/C5H8N2O2/c1-3-4(2)5(8)6-7-9/h3H,1-2H3,(H,6,8,9). The lowest BCUT2D eigenvalue weighted by molar-refractivity contribution is -0.117. The van der Waals surface area contributed by atoms with Gasteiger partial charge in [-0.2, -0.15) is 0 Å². The molecule has 0 fully saturated rings. The Morgan fingerprint density at radius 3 is 2.56 bits per heavy atom. The predicted molar refractivity (Wildman–Crippen MR) is 33.4 cm³/mol. The van der Waals surface area contributed by atoms with Gasteiger partial charge in [0.25, 0.3) is 5.91 Å². The molecule has 50 valence electrons. The van der Waals surface area contributed by atoms with Crippen LogP contribution in [0.4, 0.5) is 0 Å². The van der Waals surface area contributed by atoms with E-state index in [1.807, 2.05) is 0 Å². The predicted octanol–water partition coefficient (Wildman–Crippen LogP) is 0.750. The highest BCUT2D eigenvalue weighted by Crippen LogP contribution is 1.89. The number of hydrogen-bond donors (Lipinski definition) is 1. The number of nitrogens with one attached hydrogen (secondary N) is 1. The first-order valence-electron chi connectivity index (χ1n) is 2.48. The van der Waals surface area contributed by atoms with Crippen LogP contribution in [-0.2, 0) is 4.79 Å². The Morgan fingerprint density at radius 2 is 2.22 bits per heavy atom. The SMILES string of the molecule is CC=C(C)C(=O)NN=O. The zero-order chi connectivity index (χ0) is 7.28. The third-order valence-electron chi connectivity index (χ3n) is 0.938. The van der Waals surface area contributed by atoms with Crippen LogP contribution >= 0.6 is 0 Å². The summed E-state index contributed by atoms with van der Waals surface area (Å²) < 4.78 is 0. The van der Waals surface area contributed by atoms with Gasteiger partial charge in [-0.05, 0) is 13.8 Å². The molecule has 0 saturated heterocycles. The molecule has 0 aliphatic heterocycles. The smallest absolute Gasteiger partial charge is 0.268 e. The topological polar surface area (TPSA) is 58.5 Å². The monoisotopic (exact) mass is 128 g/mol. The van der Waals surface area contributed by atoms with Crippen molar-refractivity contribution in [3.05, 3.63) is 16.6 Å². The molecule has 0 radical (unpaired) electrons. The lowest BCUT2D eigenvalue weighted by Crippen LogP contribution is -2.16. The second kappa shape index (κ2) is 3.77. The number of carbonyl (C=O) groups is 1. The molecule has 4 nitrogen and oxygen atoms in total. The van der Waals surface area contributed by atoms with Crippen molar-refractivity contribution in [2.75, 3.05) is 0 Å². The fraction of sp³-hybridized carbons (Fsp3) is 0.400. The van der Waals surface area contributed by atoms with Crippen LogP contribution in [0.3, 0.4) is 0 Å². The fourth-order valence-electron chi connectivity index (χ4n) is 0.261. The Hall–Kier alpha value is -1.19. The van der Waals surface area contributed by atoms with Crippen LogP contribution in [0.5, 0.6) is 0 Å². The normalized spacial score (nSPS) is 10.7. The molecule has 0 atom stereocenters. The van der Waals surface area contributed by atoms with Gasteiger partial charge in [0.05, 0.1) is 5.29 Å². The van der Waals surface area contributed by atoms with Crippen molar-refractivity contribution < 1.29 is 4.79 Å².